The van der Waals surface area contributed by atoms with Crippen LogP contribution in [0.2, 0.25) is 0 Å². The first-order chi connectivity index (χ1) is 12.0. The number of hydrogen-bond donors (Lipinski definition) is 1. The van der Waals surface area contributed by atoms with Crippen LogP contribution in [-0.2, 0) is 9.53 Å². The molecule has 0 radical (unpaired) electrons. The van der Waals surface area contributed by atoms with Crippen molar-refractivity contribution in [3.8, 4) is 0 Å². The Kier molecular flexibility index (Phi) is 3.77. The summed E-state index contributed by atoms with van der Waals surface area (Å²) in [5.74, 6) is 2.93. The Hall–Kier alpha value is -0.610. The smallest absolute Gasteiger partial charge is 0.228 e. The Morgan fingerprint density at radius 3 is 2.08 bits per heavy atom. The number of ether oxygens (including phenoxy) is 1. The van der Waals surface area contributed by atoms with E-state index in [4.69, 9.17) is 4.74 Å². The van der Waals surface area contributed by atoms with Gasteiger partial charge in [0, 0.05) is 31.5 Å². The van der Waals surface area contributed by atoms with Crippen LogP contribution >= 0.6 is 0 Å². The highest BCUT2D eigenvalue weighted by Gasteiger charge is 2.59. The number of aliphatic hydroxyl groups is 1. The van der Waals surface area contributed by atoms with E-state index in [0.717, 1.165) is 76.0 Å². The van der Waals surface area contributed by atoms with Gasteiger partial charge in [0.25, 0.3) is 0 Å². The second-order valence-electron chi connectivity index (χ2n) is 9.92. The van der Waals surface area contributed by atoms with E-state index in [-0.39, 0.29) is 23.0 Å². The number of carbonyl (C=O) groups is 1. The molecule has 1 amide bonds. The molecule has 5 aliphatic carbocycles. The Morgan fingerprint density at radius 1 is 1.04 bits per heavy atom. The first-order valence-corrected chi connectivity index (χ1v) is 10.6. The maximum Gasteiger partial charge on any atom is 0.228 e. The molecule has 2 atom stereocenters. The quantitative estimate of drug-likeness (QED) is 0.854. The van der Waals surface area contributed by atoms with E-state index in [1.807, 2.05) is 6.92 Å². The fraction of sp³-hybridized carbons (Fsp3) is 0.952. The van der Waals surface area contributed by atoms with Gasteiger partial charge in [-0.25, -0.2) is 0 Å². The number of carbonyl (C=O) groups excluding carboxylic acids is 1. The van der Waals surface area contributed by atoms with Crippen molar-refractivity contribution in [1.82, 2.24) is 4.90 Å². The molecule has 0 unspecified atom stereocenters. The third-order valence-electron chi connectivity index (χ3n) is 8.58. The van der Waals surface area contributed by atoms with Crippen LogP contribution in [-0.4, -0.2) is 47.8 Å². The normalized spacial score (nSPS) is 47.1. The van der Waals surface area contributed by atoms with Crippen molar-refractivity contribution < 1.29 is 14.6 Å². The number of aliphatic hydroxyl groups excluding tert-OH is 1. The highest BCUT2D eigenvalue weighted by Crippen LogP contribution is 2.61. The van der Waals surface area contributed by atoms with Crippen molar-refractivity contribution in [1.29, 1.82) is 0 Å². The van der Waals surface area contributed by atoms with E-state index >= 15 is 0 Å². The van der Waals surface area contributed by atoms with Crippen LogP contribution in [0.1, 0.15) is 64.7 Å². The van der Waals surface area contributed by atoms with Crippen LogP contribution < -0.4 is 0 Å². The zero-order valence-corrected chi connectivity index (χ0v) is 15.6. The lowest BCUT2D eigenvalue weighted by Gasteiger charge is -2.59. The number of hydrogen-bond acceptors (Lipinski definition) is 3. The molecule has 0 aromatic rings. The minimum absolute atomic E-state index is 0.0171. The van der Waals surface area contributed by atoms with Gasteiger partial charge in [0.2, 0.25) is 5.91 Å². The molecular weight excluding hydrogens is 314 g/mol. The molecule has 1 saturated heterocycles. The van der Waals surface area contributed by atoms with E-state index < -0.39 is 0 Å². The van der Waals surface area contributed by atoms with Gasteiger partial charge >= 0.3 is 0 Å². The van der Waals surface area contributed by atoms with Crippen LogP contribution in [0, 0.1) is 28.6 Å². The van der Waals surface area contributed by atoms with Crippen molar-refractivity contribution >= 4 is 5.91 Å². The van der Waals surface area contributed by atoms with Crippen LogP contribution in [0.25, 0.3) is 0 Å². The lowest BCUT2D eigenvalue weighted by Crippen LogP contribution is -2.64. The molecule has 1 spiro atoms. The molecule has 6 fully saturated rings. The average Bonchev–Trinajstić information content (AvgIpc) is 2.60. The van der Waals surface area contributed by atoms with Crippen LogP contribution in [0.3, 0.4) is 0 Å². The fourth-order valence-electron chi connectivity index (χ4n) is 7.65. The van der Waals surface area contributed by atoms with Gasteiger partial charge < -0.3 is 14.7 Å². The Balaban J connectivity index is 1.28. The van der Waals surface area contributed by atoms with Gasteiger partial charge in [-0.1, -0.05) is 0 Å². The molecule has 6 rings (SSSR count). The summed E-state index contributed by atoms with van der Waals surface area (Å²) < 4.78 is 5.87. The third-order valence-corrected chi connectivity index (χ3v) is 8.58. The van der Waals surface area contributed by atoms with Crippen molar-refractivity contribution in [2.45, 2.75) is 76.9 Å². The number of nitrogens with zero attached hydrogens (tertiary/aromatic N) is 1. The first-order valence-electron chi connectivity index (χ1n) is 10.6. The molecule has 1 heterocycles. The summed E-state index contributed by atoms with van der Waals surface area (Å²) in [6.45, 7) is 4.39. The summed E-state index contributed by atoms with van der Waals surface area (Å²) in [6, 6.07) is 0. The standard InChI is InChI=1S/C21H33NO3/c1-2-25-18-10-17(23)21(18)3-5-22(6-4-21)19(24)20-11-14-7-15(12-20)9-16(8-14)13-20/h14-18,23H,2-13H2,1H3/t14?,15?,16?,17-,18+,20?/m0/s1. The third kappa shape index (κ3) is 2.36. The Labute approximate surface area is 151 Å². The molecule has 25 heavy (non-hydrogen) atoms. The summed E-state index contributed by atoms with van der Waals surface area (Å²) in [5, 5.41) is 10.4. The molecule has 1 N–H and O–H groups in total. The number of rotatable bonds is 3. The maximum absolute atomic E-state index is 13.5. The average molecular weight is 347 g/mol. The van der Waals surface area contributed by atoms with Gasteiger partial charge in [-0.2, -0.15) is 0 Å². The van der Waals surface area contributed by atoms with Gasteiger partial charge in [0.05, 0.1) is 17.6 Å². The lowest BCUT2D eigenvalue weighted by molar-refractivity contribution is -0.212. The molecule has 140 valence electrons. The molecule has 4 nitrogen and oxygen atoms in total. The van der Waals surface area contributed by atoms with Crippen LogP contribution in [0.5, 0.6) is 0 Å². The van der Waals surface area contributed by atoms with Gasteiger partial charge in [0.1, 0.15) is 0 Å². The molecular formula is C21H33NO3. The van der Waals surface area contributed by atoms with Crippen molar-refractivity contribution in [2.24, 2.45) is 28.6 Å². The Bertz CT molecular complexity index is 514. The molecule has 1 aliphatic heterocycles. The van der Waals surface area contributed by atoms with Gasteiger partial charge in [-0.3, -0.25) is 4.79 Å². The highest BCUT2D eigenvalue weighted by atomic mass is 16.5. The van der Waals surface area contributed by atoms with E-state index in [9.17, 15) is 9.90 Å². The van der Waals surface area contributed by atoms with E-state index in [2.05, 4.69) is 4.90 Å². The zero-order valence-electron chi connectivity index (χ0n) is 15.6. The molecule has 0 aromatic carbocycles. The van der Waals surface area contributed by atoms with Crippen molar-refractivity contribution in [3.05, 3.63) is 0 Å². The summed E-state index contributed by atoms with van der Waals surface area (Å²) in [4.78, 5) is 15.6. The van der Waals surface area contributed by atoms with Crippen molar-refractivity contribution in [3.63, 3.8) is 0 Å². The van der Waals surface area contributed by atoms with Crippen LogP contribution in [0.15, 0.2) is 0 Å². The number of likely N-dealkylation sites (tertiary alicyclic amines) is 1. The van der Waals surface area contributed by atoms with E-state index in [1.54, 1.807) is 0 Å². The predicted octanol–water partition coefficient (Wildman–Crippen LogP) is 2.98. The maximum atomic E-state index is 13.5. The topological polar surface area (TPSA) is 49.8 Å². The number of amides is 1. The minimum Gasteiger partial charge on any atom is -0.392 e. The van der Waals surface area contributed by atoms with Gasteiger partial charge in [0.15, 0.2) is 0 Å². The zero-order chi connectivity index (χ0) is 17.2. The Morgan fingerprint density at radius 2 is 1.60 bits per heavy atom. The van der Waals surface area contributed by atoms with Gasteiger partial charge in [-0.15, -0.1) is 0 Å². The fourth-order valence-corrected chi connectivity index (χ4v) is 7.65. The molecule has 4 heteroatoms. The van der Waals surface area contributed by atoms with E-state index in [0.29, 0.717) is 5.91 Å². The lowest BCUT2D eigenvalue weighted by atomic mass is 9.49. The number of piperidine rings is 1. The van der Waals surface area contributed by atoms with E-state index in [1.165, 1.54) is 19.3 Å². The molecule has 5 saturated carbocycles. The largest absolute Gasteiger partial charge is 0.392 e. The highest BCUT2D eigenvalue weighted by molar-refractivity contribution is 5.83. The minimum atomic E-state index is -0.235. The molecule has 4 bridgehead atoms. The first kappa shape index (κ1) is 16.6. The summed E-state index contributed by atoms with van der Waals surface area (Å²) in [5.41, 5.74) is -0.0922. The van der Waals surface area contributed by atoms with Crippen molar-refractivity contribution in [2.75, 3.05) is 19.7 Å². The molecule has 6 aliphatic rings. The predicted molar refractivity (Wildman–Crippen MR) is 94.9 cm³/mol. The molecule has 0 aromatic heterocycles. The van der Waals surface area contributed by atoms with Gasteiger partial charge in [-0.05, 0) is 76.0 Å². The monoisotopic (exact) mass is 347 g/mol. The van der Waals surface area contributed by atoms with Crippen LogP contribution in [0.4, 0.5) is 0 Å². The summed E-state index contributed by atoms with van der Waals surface area (Å²) in [7, 11) is 0. The summed E-state index contributed by atoms with van der Waals surface area (Å²) >= 11 is 0. The second kappa shape index (κ2) is 5.69. The SMILES string of the molecule is CCO[C@@H]1C[C@H](O)C12CCN(C(=O)C13CC4CC(CC(C4)C1)C3)CC2. The second-order valence-corrected chi connectivity index (χ2v) is 9.92. The summed E-state index contributed by atoms with van der Waals surface area (Å²) in [6.07, 6.45) is 10.2.